The highest BCUT2D eigenvalue weighted by Gasteiger charge is 2.00. The number of thioether (sulfide) groups is 1. The molecule has 0 radical (unpaired) electrons. The second-order valence-corrected chi connectivity index (χ2v) is 6.49. The summed E-state index contributed by atoms with van der Waals surface area (Å²) in [4.78, 5) is 4.84. The lowest BCUT2D eigenvalue weighted by molar-refractivity contribution is 0.741. The fraction of sp³-hybridized carbons (Fsp3) is 0.200. The van der Waals surface area contributed by atoms with Gasteiger partial charge in [-0.25, -0.2) is 0 Å². The van der Waals surface area contributed by atoms with E-state index in [0.717, 1.165) is 18.8 Å². The number of aromatic amines is 1. The SMILES string of the molecule is c1csc(CNCCSc2cc3ccccc3[nH]2)c1. The fourth-order valence-electron chi connectivity index (χ4n) is 1.98. The van der Waals surface area contributed by atoms with E-state index in [2.05, 4.69) is 58.1 Å². The maximum absolute atomic E-state index is 3.47. The van der Waals surface area contributed by atoms with Gasteiger partial charge in [-0.3, -0.25) is 0 Å². The van der Waals surface area contributed by atoms with Crippen molar-refractivity contribution in [2.24, 2.45) is 0 Å². The van der Waals surface area contributed by atoms with Crippen molar-refractivity contribution in [1.29, 1.82) is 0 Å². The first-order valence-corrected chi connectivity index (χ1v) is 8.22. The van der Waals surface area contributed by atoms with Crippen LogP contribution >= 0.6 is 23.1 Å². The van der Waals surface area contributed by atoms with E-state index in [1.54, 1.807) is 11.3 Å². The minimum Gasteiger partial charge on any atom is -0.350 e. The molecule has 98 valence electrons. The number of hydrogen-bond acceptors (Lipinski definition) is 3. The van der Waals surface area contributed by atoms with Gasteiger partial charge in [0.15, 0.2) is 0 Å². The van der Waals surface area contributed by atoms with E-state index in [4.69, 9.17) is 0 Å². The van der Waals surface area contributed by atoms with Gasteiger partial charge >= 0.3 is 0 Å². The van der Waals surface area contributed by atoms with Gasteiger partial charge in [-0.05, 0) is 23.6 Å². The maximum atomic E-state index is 3.47. The molecular weight excluding hydrogens is 272 g/mol. The summed E-state index contributed by atoms with van der Waals surface area (Å²) in [6, 6.07) is 14.9. The fourth-order valence-corrected chi connectivity index (χ4v) is 3.52. The van der Waals surface area contributed by atoms with Crippen LogP contribution in [0, 0.1) is 0 Å². The van der Waals surface area contributed by atoms with Gasteiger partial charge in [-0.2, -0.15) is 0 Å². The van der Waals surface area contributed by atoms with Gasteiger partial charge in [0.05, 0.1) is 5.03 Å². The number of para-hydroxylation sites is 1. The molecule has 0 amide bonds. The molecule has 2 nitrogen and oxygen atoms in total. The Kier molecular flexibility index (Phi) is 4.23. The molecule has 3 aromatic rings. The first kappa shape index (κ1) is 12.8. The number of rotatable bonds is 6. The predicted molar refractivity (Wildman–Crippen MR) is 85.0 cm³/mol. The number of fused-ring (bicyclic) bond motifs is 1. The van der Waals surface area contributed by atoms with Crippen molar-refractivity contribution < 1.29 is 0 Å². The average Bonchev–Trinajstić information content (AvgIpc) is 3.06. The van der Waals surface area contributed by atoms with Gasteiger partial charge in [0.2, 0.25) is 0 Å². The van der Waals surface area contributed by atoms with Crippen LogP contribution < -0.4 is 5.32 Å². The highest BCUT2D eigenvalue weighted by molar-refractivity contribution is 7.99. The second-order valence-electron chi connectivity index (χ2n) is 4.33. The lowest BCUT2D eigenvalue weighted by Crippen LogP contribution is -2.15. The molecule has 0 saturated carbocycles. The highest BCUT2D eigenvalue weighted by atomic mass is 32.2. The van der Waals surface area contributed by atoms with Gasteiger partial charge < -0.3 is 10.3 Å². The monoisotopic (exact) mass is 288 g/mol. The third kappa shape index (κ3) is 3.41. The number of thiophene rings is 1. The molecule has 0 aliphatic heterocycles. The number of H-pyrrole nitrogens is 1. The van der Waals surface area contributed by atoms with Crippen LogP contribution in [0.4, 0.5) is 0 Å². The Morgan fingerprint density at radius 1 is 1.16 bits per heavy atom. The Morgan fingerprint density at radius 2 is 2.11 bits per heavy atom. The zero-order valence-corrected chi connectivity index (χ0v) is 12.2. The molecule has 2 N–H and O–H groups in total. The van der Waals surface area contributed by atoms with E-state index in [0.29, 0.717) is 0 Å². The van der Waals surface area contributed by atoms with E-state index in [1.165, 1.54) is 20.8 Å². The van der Waals surface area contributed by atoms with Crippen LogP contribution in [0.25, 0.3) is 10.9 Å². The van der Waals surface area contributed by atoms with Crippen molar-refractivity contribution in [1.82, 2.24) is 10.3 Å². The van der Waals surface area contributed by atoms with Crippen LogP contribution in [-0.4, -0.2) is 17.3 Å². The topological polar surface area (TPSA) is 27.8 Å². The maximum Gasteiger partial charge on any atom is 0.0732 e. The lowest BCUT2D eigenvalue weighted by atomic mass is 10.3. The second kappa shape index (κ2) is 6.28. The Bertz CT molecular complexity index is 595. The molecule has 0 aliphatic rings. The van der Waals surface area contributed by atoms with Crippen LogP contribution in [0.1, 0.15) is 4.88 Å². The van der Waals surface area contributed by atoms with Crippen molar-refractivity contribution in [3.63, 3.8) is 0 Å². The van der Waals surface area contributed by atoms with E-state index >= 15 is 0 Å². The highest BCUT2D eigenvalue weighted by Crippen LogP contribution is 2.22. The Balaban J connectivity index is 1.44. The summed E-state index contributed by atoms with van der Waals surface area (Å²) in [5.41, 5.74) is 1.22. The number of aromatic nitrogens is 1. The Labute approximate surface area is 121 Å². The van der Waals surface area contributed by atoms with Gasteiger partial charge in [0, 0.05) is 34.6 Å². The lowest BCUT2D eigenvalue weighted by Gasteiger charge is -2.01. The number of hydrogen-bond donors (Lipinski definition) is 2. The molecule has 0 saturated heterocycles. The molecule has 2 heterocycles. The van der Waals surface area contributed by atoms with Crippen molar-refractivity contribution in [3.05, 3.63) is 52.7 Å². The van der Waals surface area contributed by atoms with E-state index < -0.39 is 0 Å². The number of nitrogens with one attached hydrogen (secondary N) is 2. The first-order valence-electron chi connectivity index (χ1n) is 6.35. The predicted octanol–water partition coefficient (Wildman–Crippen LogP) is 4.11. The average molecular weight is 288 g/mol. The van der Waals surface area contributed by atoms with Crippen LogP contribution in [-0.2, 0) is 6.54 Å². The van der Waals surface area contributed by atoms with Gasteiger partial charge in [0.1, 0.15) is 0 Å². The molecule has 0 aliphatic carbocycles. The molecular formula is C15H16N2S2. The zero-order valence-electron chi connectivity index (χ0n) is 10.6. The quantitative estimate of drug-likeness (QED) is 0.527. The molecule has 0 spiro atoms. The summed E-state index contributed by atoms with van der Waals surface area (Å²) in [7, 11) is 0. The summed E-state index contributed by atoms with van der Waals surface area (Å²) < 4.78 is 0. The summed E-state index contributed by atoms with van der Waals surface area (Å²) in [5, 5.41) is 8.13. The zero-order chi connectivity index (χ0) is 12.9. The molecule has 3 rings (SSSR count). The molecule has 0 fully saturated rings. The molecule has 0 unspecified atom stereocenters. The standard InChI is InChI=1S/C15H16N2S2/c1-2-6-14-12(4-1)10-15(17-14)19-9-7-16-11-13-5-3-8-18-13/h1-6,8,10,16-17H,7,9,11H2. The summed E-state index contributed by atoms with van der Waals surface area (Å²) in [6.45, 7) is 2.00. The summed E-state index contributed by atoms with van der Waals surface area (Å²) in [5.74, 6) is 1.08. The molecule has 19 heavy (non-hydrogen) atoms. The third-order valence-corrected chi connectivity index (χ3v) is 4.74. The van der Waals surface area contributed by atoms with Crippen LogP contribution in [0.3, 0.4) is 0 Å². The normalized spacial score (nSPS) is 11.2. The van der Waals surface area contributed by atoms with Gasteiger partial charge in [-0.15, -0.1) is 23.1 Å². The third-order valence-electron chi connectivity index (χ3n) is 2.92. The molecule has 1 aromatic carbocycles. The smallest absolute Gasteiger partial charge is 0.0732 e. The van der Waals surface area contributed by atoms with Crippen molar-refractivity contribution >= 4 is 34.0 Å². The van der Waals surface area contributed by atoms with Gasteiger partial charge in [-0.1, -0.05) is 24.3 Å². The minimum atomic E-state index is 0.977. The van der Waals surface area contributed by atoms with Crippen molar-refractivity contribution in [2.45, 2.75) is 11.6 Å². The van der Waals surface area contributed by atoms with E-state index in [-0.39, 0.29) is 0 Å². The minimum absolute atomic E-state index is 0.977. The summed E-state index contributed by atoms with van der Waals surface area (Å²) in [6.07, 6.45) is 0. The Hall–Kier alpha value is -1.23. The molecule has 2 aromatic heterocycles. The summed E-state index contributed by atoms with van der Waals surface area (Å²) >= 11 is 3.67. The van der Waals surface area contributed by atoms with E-state index in [9.17, 15) is 0 Å². The van der Waals surface area contributed by atoms with Crippen LogP contribution in [0.15, 0.2) is 52.9 Å². The van der Waals surface area contributed by atoms with Gasteiger partial charge in [0.25, 0.3) is 0 Å². The largest absolute Gasteiger partial charge is 0.350 e. The Morgan fingerprint density at radius 3 is 2.95 bits per heavy atom. The molecule has 4 heteroatoms. The van der Waals surface area contributed by atoms with Crippen LogP contribution in [0.5, 0.6) is 0 Å². The van der Waals surface area contributed by atoms with E-state index in [1.807, 2.05) is 11.8 Å². The van der Waals surface area contributed by atoms with Crippen molar-refractivity contribution in [3.8, 4) is 0 Å². The van der Waals surface area contributed by atoms with Crippen molar-refractivity contribution in [2.75, 3.05) is 12.3 Å². The first-order chi connectivity index (χ1) is 9.42. The number of benzene rings is 1. The molecule has 0 bridgehead atoms. The van der Waals surface area contributed by atoms with Crippen LogP contribution in [0.2, 0.25) is 0 Å². The molecule has 0 atom stereocenters.